The number of carbonyl (C=O) groups is 1. The number of thiol groups is 1. The van der Waals surface area contributed by atoms with Gasteiger partial charge in [-0.25, -0.2) is 4.79 Å². The van der Waals surface area contributed by atoms with Gasteiger partial charge in [0.25, 0.3) is 0 Å². The van der Waals surface area contributed by atoms with E-state index in [2.05, 4.69) is 34.9 Å². The monoisotopic (exact) mass is 165 g/mol. The van der Waals surface area contributed by atoms with E-state index in [1.807, 2.05) is 0 Å². The molecule has 0 atom stereocenters. The number of ether oxygens (including phenoxy) is 1. The molecule has 52 valence electrons. The van der Waals surface area contributed by atoms with Crippen molar-refractivity contribution >= 4 is 35.3 Å². The first-order chi connectivity index (χ1) is 4.16. The van der Waals surface area contributed by atoms with Gasteiger partial charge in [-0.1, -0.05) is 12.2 Å². The van der Waals surface area contributed by atoms with Crippen LogP contribution < -0.4 is 5.32 Å². The predicted molar refractivity (Wildman–Crippen MR) is 41.7 cm³/mol. The average molecular weight is 165 g/mol. The number of carbonyl (C=O) groups excluding carboxylic acids is 1. The van der Waals surface area contributed by atoms with Crippen LogP contribution in [0, 0.1) is 0 Å². The van der Waals surface area contributed by atoms with E-state index >= 15 is 0 Å². The summed E-state index contributed by atoms with van der Waals surface area (Å²) in [6.45, 7) is 2.05. The molecule has 0 rings (SSSR count). The Hall–Kier alpha value is -0.290. The highest BCUT2D eigenvalue weighted by atomic mass is 32.1. The summed E-state index contributed by atoms with van der Waals surface area (Å²) in [4.78, 5) is 10.4. The first kappa shape index (κ1) is 8.71. The van der Waals surface area contributed by atoms with Gasteiger partial charge >= 0.3 is 6.09 Å². The van der Waals surface area contributed by atoms with Crippen LogP contribution in [0.25, 0.3) is 0 Å². The fourth-order valence-corrected chi connectivity index (χ4v) is 0.429. The molecule has 1 amide bonds. The van der Waals surface area contributed by atoms with Gasteiger partial charge < -0.3 is 4.74 Å². The first-order valence-electron chi connectivity index (χ1n) is 2.33. The van der Waals surface area contributed by atoms with E-state index < -0.39 is 6.09 Å². The zero-order valence-corrected chi connectivity index (χ0v) is 6.59. The molecule has 0 unspecified atom stereocenters. The fraction of sp³-hybridized carbons (Fsp3) is 0.500. The standard InChI is InChI=1S/C4H7NO2S2/c1-2-7-3(6)5-4(8)9/h2H2,1H3,(H2,5,6,8,9). The van der Waals surface area contributed by atoms with E-state index in [1.165, 1.54) is 0 Å². The summed E-state index contributed by atoms with van der Waals surface area (Å²) in [5.74, 6) is 0. The van der Waals surface area contributed by atoms with Crippen LogP contribution in [0.1, 0.15) is 6.92 Å². The largest absolute Gasteiger partial charge is 0.450 e. The van der Waals surface area contributed by atoms with Crippen molar-refractivity contribution < 1.29 is 9.53 Å². The molecule has 0 fully saturated rings. The molecule has 0 aromatic heterocycles. The Morgan fingerprint density at radius 3 is 2.78 bits per heavy atom. The number of nitrogens with one attached hydrogen (secondary N) is 1. The van der Waals surface area contributed by atoms with Crippen molar-refractivity contribution in [1.82, 2.24) is 5.32 Å². The highest BCUT2D eigenvalue weighted by Gasteiger charge is 1.98. The summed E-state index contributed by atoms with van der Waals surface area (Å²) in [6.07, 6.45) is -0.558. The summed E-state index contributed by atoms with van der Waals surface area (Å²) in [5, 5.41) is 2.18. The van der Waals surface area contributed by atoms with Crippen LogP contribution in [0.15, 0.2) is 0 Å². The van der Waals surface area contributed by atoms with Gasteiger partial charge in [0, 0.05) is 0 Å². The predicted octanol–water partition coefficient (Wildman–Crippen LogP) is 0.947. The Bertz CT molecular complexity index is 126. The molecular formula is C4H7NO2S2. The van der Waals surface area contributed by atoms with Crippen molar-refractivity contribution in [2.45, 2.75) is 6.92 Å². The number of hydrogen-bond acceptors (Lipinski definition) is 3. The third-order valence-corrected chi connectivity index (χ3v) is 0.698. The number of amides is 1. The van der Waals surface area contributed by atoms with Crippen LogP contribution in [0.2, 0.25) is 0 Å². The Labute approximate surface area is 64.2 Å². The smallest absolute Gasteiger partial charge is 0.412 e. The van der Waals surface area contributed by atoms with Gasteiger partial charge in [-0.2, -0.15) is 0 Å². The third kappa shape index (κ3) is 5.58. The molecule has 0 aromatic rings. The molecule has 0 radical (unpaired) electrons. The fourth-order valence-electron chi connectivity index (χ4n) is 0.254. The van der Waals surface area contributed by atoms with Crippen LogP contribution in [0.4, 0.5) is 4.79 Å². The third-order valence-electron chi connectivity index (χ3n) is 0.484. The van der Waals surface area contributed by atoms with Crippen LogP contribution in [0.3, 0.4) is 0 Å². The summed E-state index contributed by atoms with van der Waals surface area (Å²) in [5.41, 5.74) is 0. The molecule has 3 nitrogen and oxygen atoms in total. The van der Waals surface area contributed by atoms with E-state index in [4.69, 9.17) is 0 Å². The lowest BCUT2D eigenvalue weighted by Gasteiger charge is -1.99. The van der Waals surface area contributed by atoms with Crippen molar-refractivity contribution in [3.05, 3.63) is 0 Å². The van der Waals surface area contributed by atoms with Crippen LogP contribution >= 0.6 is 24.8 Å². The molecule has 0 aromatic carbocycles. The first-order valence-corrected chi connectivity index (χ1v) is 3.19. The SMILES string of the molecule is CCOC(=O)NC(=S)S. The molecule has 0 saturated carbocycles. The van der Waals surface area contributed by atoms with Gasteiger partial charge in [0.2, 0.25) is 0 Å². The van der Waals surface area contributed by atoms with E-state index in [0.29, 0.717) is 6.61 Å². The zero-order valence-electron chi connectivity index (χ0n) is 4.88. The van der Waals surface area contributed by atoms with Gasteiger partial charge in [-0.05, 0) is 6.92 Å². The van der Waals surface area contributed by atoms with Crippen molar-refractivity contribution in [2.24, 2.45) is 0 Å². The quantitative estimate of drug-likeness (QED) is 0.449. The zero-order chi connectivity index (χ0) is 7.28. The molecule has 0 bridgehead atoms. The van der Waals surface area contributed by atoms with Crippen molar-refractivity contribution in [2.75, 3.05) is 6.61 Å². The Balaban J connectivity index is 3.39. The van der Waals surface area contributed by atoms with Crippen LogP contribution in [-0.4, -0.2) is 17.0 Å². The van der Waals surface area contributed by atoms with Crippen molar-refractivity contribution in [3.63, 3.8) is 0 Å². The molecule has 0 heterocycles. The maximum atomic E-state index is 10.4. The molecule has 0 aliphatic rings. The molecule has 9 heavy (non-hydrogen) atoms. The number of thiocarbonyl (C=S) groups is 1. The Morgan fingerprint density at radius 2 is 2.44 bits per heavy atom. The minimum Gasteiger partial charge on any atom is -0.450 e. The highest BCUT2D eigenvalue weighted by molar-refractivity contribution is 8.11. The second-order valence-corrected chi connectivity index (χ2v) is 2.31. The lowest BCUT2D eigenvalue weighted by molar-refractivity contribution is 0.158. The highest BCUT2D eigenvalue weighted by Crippen LogP contribution is 1.80. The Morgan fingerprint density at radius 1 is 1.89 bits per heavy atom. The second kappa shape index (κ2) is 4.58. The minimum atomic E-state index is -0.558. The molecule has 5 heteroatoms. The Kier molecular flexibility index (Phi) is 4.43. The molecule has 0 saturated heterocycles. The van der Waals surface area contributed by atoms with Crippen molar-refractivity contribution in [1.29, 1.82) is 0 Å². The van der Waals surface area contributed by atoms with E-state index in [1.54, 1.807) is 6.92 Å². The summed E-state index contributed by atoms with van der Waals surface area (Å²) >= 11 is 8.09. The van der Waals surface area contributed by atoms with Gasteiger partial charge in [-0.15, -0.1) is 12.6 Å². The second-order valence-electron chi connectivity index (χ2n) is 1.15. The normalized spacial score (nSPS) is 8.22. The maximum Gasteiger partial charge on any atom is 0.412 e. The molecular weight excluding hydrogens is 158 g/mol. The van der Waals surface area contributed by atoms with Crippen LogP contribution in [-0.2, 0) is 4.74 Å². The van der Waals surface area contributed by atoms with E-state index in [-0.39, 0.29) is 4.32 Å². The lowest BCUT2D eigenvalue weighted by Crippen LogP contribution is -2.25. The number of alkyl carbamates (subject to hydrolysis) is 1. The maximum absolute atomic E-state index is 10.4. The molecule has 0 spiro atoms. The van der Waals surface area contributed by atoms with E-state index in [0.717, 1.165) is 0 Å². The van der Waals surface area contributed by atoms with Gasteiger partial charge in [0.15, 0.2) is 0 Å². The molecule has 0 aliphatic carbocycles. The summed E-state index contributed by atoms with van der Waals surface area (Å²) < 4.78 is 4.59. The summed E-state index contributed by atoms with van der Waals surface area (Å²) in [7, 11) is 0. The van der Waals surface area contributed by atoms with Gasteiger partial charge in [0.05, 0.1) is 6.61 Å². The average Bonchev–Trinajstić information content (AvgIpc) is 1.63. The number of hydrogen-bond donors (Lipinski definition) is 2. The van der Waals surface area contributed by atoms with Gasteiger partial charge in [0.1, 0.15) is 4.32 Å². The topological polar surface area (TPSA) is 38.3 Å². The summed E-state index contributed by atoms with van der Waals surface area (Å²) in [6, 6.07) is 0. The van der Waals surface area contributed by atoms with Gasteiger partial charge in [-0.3, -0.25) is 5.32 Å². The van der Waals surface area contributed by atoms with Crippen molar-refractivity contribution in [3.8, 4) is 0 Å². The number of rotatable bonds is 1. The molecule has 1 N–H and O–H groups in total. The molecule has 0 aliphatic heterocycles. The minimum absolute atomic E-state index is 0.119. The lowest BCUT2D eigenvalue weighted by atomic mass is 10.9. The van der Waals surface area contributed by atoms with Crippen LogP contribution in [0.5, 0.6) is 0 Å². The van der Waals surface area contributed by atoms with E-state index in [9.17, 15) is 4.79 Å².